The molecule has 1 N–H and O–H groups in total. The summed E-state index contributed by atoms with van der Waals surface area (Å²) in [5.74, 6) is 0.0589. The Hall–Kier alpha value is -2.79. The van der Waals surface area contributed by atoms with Gasteiger partial charge in [0.1, 0.15) is 5.76 Å². The summed E-state index contributed by atoms with van der Waals surface area (Å²) in [5.41, 5.74) is 3.49. The third-order valence-electron chi connectivity index (χ3n) is 4.74. The van der Waals surface area contributed by atoms with Gasteiger partial charge in [-0.2, -0.15) is 0 Å². The molecule has 4 rings (SSSR count). The van der Waals surface area contributed by atoms with Crippen molar-refractivity contribution in [2.45, 2.75) is 19.5 Å². The second-order valence-electron chi connectivity index (χ2n) is 6.60. The number of carbonyl (C=O) groups excluding carboxylic acids is 1. The number of amides is 1. The van der Waals surface area contributed by atoms with Gasteiger partial charge in [0, 0.05) is 10.0 Å². The first-order valence-electron chi connectivity index (χ1n) is 8.63. The lowest BCUT2D eigenvalue weighted by Gasteiger charge is -2.27. The highest BCUT2D eigenvalue weighted by molar-refractivity contribution is 9.10. The number of carbonyl (C=O) groups is 1. The second kappa shape index (κ2) is 7.08. The largest absolute Gasteiger partial charge is 0.503 e. The summed E-state index contributed by atoms with van der Waals surface area (Å²) < 4.78 is 6.36. The first-order chi connectivity index (χ1) is 13.0. The highest BCUT2D eigenvalue weighted by atomic mass is 79.9. The van der Waals surface area contributed by atoms with Gasteiger partial charge in [0.25, 0.3) is 5.91 Å². The van der Waals surface area contributed by atoms with E-state index in [1.165, 1.54) is 0 Å². The normalized spacial score (nSPS) is 17.0. The Morgan fingerprint density at radius 2 is 1.89 bits per heavy atom. The van der Waals surface area contributed by atoms with Crippen LogP contribution in [0.5, 0.6) is 0 Å². The van der Waals surface area contributed by atoms with E-state index >= 15 is 0 Å². The van der Waals surface area contributed by atoms with Gasteiger partial charge in [-0.15, -0.1) is 0 Å². The SMILES string of the molecule is Cc1ccc(C2=C(O)C(=O)N(Cc3ccco3)[C@@H]2c2cccc(Br)c2)cc1. The van der Waals surface area contributed by atoms with Gasteiger partial charge in [-0.25, -0.2) is 0 Å². The lowest BCUT2D eigenvalue weighted by atomic mass is 9.93. The maximum absolute atomic E-state index is 12.9. The number of halogens is 1. The molecule has 0 spiro atoms. The van der Waals surface area contributed by atoms with Crippen molar-refractivity contribution >= 4 is 27.4 Å². The van der Waals surface area contributed by atoms with Crippen molar-refractivity contribution in [1.29, 1.82) is 0 Å². The molecular formula is C22H18BrNO3. The molecule has 0 saturated carbocycles. The third-order valence-corrected chi connectivity index (χ3v) is 5.23. The van der Waals surface area contributed by atoms with Gasteiger partial charge in [-0.3, -0.25) is 4.79 Å². The van der Waals surface area contributed by atoms with Crippen molar-refractivity contribution in [3.8, 4) is 0 Å². The molecule has 5 heteroatoms. The summed E-state index contributed by atoms with van der Waals surface area (Å²) in [6.45, 7) is 2.29. The quantitative estimate of drug-likeness (QED) is 0.610. The Bertz CT molecular complexity index is 1010. The number of nitrogens with zero attached hydrogens (tertiary/aromatic N) is 1. The zero-order valence-electron chi connectivity index (χ0n) is 14.7. The van der Waals surface area contributed by atoms with E-state index in [2.05, 4.69) is 15.9 Å². The van der Waals surface area contributed by atoms with Crippen LogP contribution in [0, 0.1) is 6.92 Å². The molecule has 3 aromatic rings. The summed E-state index contributed by atoms with van der Waals surface area (Å²) in [6, 6.07) is 18.9. The van der Waals surface area contributed by atoms with Crippen LogP contribution < -0.4 is 0 Å². The van der Waals surface area contributed by atoms with Gasteiger partial charge < -0.3 is 14.4 Å². The highest BCUT2D eigenvalue weighted by Crippen LogP contribution is 2.44. The molecule has 1 aliphatic heterocycles. The first-order valence-corrected chi connectivity index (χ1v) is 9.43. The lowest BCUT2D eigenvalue weighted by Crippen LogP contribution is -2.29. The van der Waals surface area contributed by atoms with Crippen molar-refractivity contribution in [3.05, 3.63) is 99.6 Å². The van der Waals surface area contributed by atoms with Crippen molar-refractivity contribution in [1.82, 2.24) is 4.90 Å². The predicted molar refractivity (Wildman–Crippen MR) is 107 cm³/mol. The van der Waals surface area contributed by atoms with Crippen LogP contribution in [0.15, 0.2) is 81.6 Å². The molecule has 1 aliphatic rings. The van der Waals surface area contributed by atoms with E-state index < -0.39 is 11.9 Å². The number of aliphatic hydroxyl groups excluding tert-OH is 1. The Morgan fingerprint density at radius 1 is 1.11 bits per heavy atom. The molecular weight excluding hydrogens is 406 g/mol. The van der Waals surface area contributed by atoms with E-state index in [0.717, 1.165) is 21.2 Å². The Kier molecular flexibility index (Phi) is 4.62. The van der Waals surface area contributed by atoms with Crippen LogP contribution in [-0.4, -0.2) is 15.9 Å². The van der Waals surface area contributed by atoms with Crippen LogP contribution in [-0.2, 0) is 11.3 Å². The van der Waals surface area contributed by atoms with Crippen LogP contribution in [0.25, 0.3) is 5.57 Å². The molecule has 1 aromatic heterocycles. The summed E-state index contributed by atoms with van der Waals surface area (Å²) in [5, 5.41) is 10.7. The fourth-order valence-corrected chi connectivity index (χ4v) is 3.86. The maximum atomic E-state index is 12.9. The highest BCUT2D eigenvalue weighted by Gasteiger charge is 2.41. The molecule has 0 bridgehead atoms. The molecule has 0 radical (unpaired) electrons. The minimum Gasteiger partial charge on any atom is -0.503 e. The molecule has 0 aliphatic carbocycles. The first kappa shape index (κ1) is 17.6. The van der Waals surface area contributed by atoms with Gasteiger partial charge in [0.2, 0.25) is 0 Å². The number of hydrogen-bond acceptors (Lipinski definition) is 3. The van der Waals surface area contributed by atoms with E-state index in [-0.39, 0.29) is 12.3 Å². The second-order valence-corrected chi connectivity index (χ2v) is 7.51. The van der Waals surface area contributed by atoms with E-state index in [1.807, 2.05) is 61.5 Å². The van der Waals surface area contributed by atoms with Gasteiger partial charge >= 0.3 is 0 Å². The molecule has 0 saturated heterocycles. The van der Waals surface area contributed by atoms with Gasteiger partial charge in [-0.1, -0.05) is 57.9 Å². The number of furan rings is 1. The lowest BCUT2D eigenvalue weighted by molar-refractivity contribution is -0.130. The topological polar surface area (TPSA) is 53.7 Å². The average Bonchev–Trinajstić information content (AvgIpc) is 3.25. The van der Waals surface area contributed by atoms with Gasteiger partial charge in [-0.05, 0) is 42.3 Å². The van der Waals surface area contributed by atoms with Crippen molar-refractivity contribution in [3.63, 3.8) is 0 Å². The summed E-state index contributed by atoms with van der Waals surface area (Å²) in [7, 11) is 0. The van der Waals surface area contributed by atoms with Crippen LogP contribution in [0.3, 0.4) is 0 Å². The van der Waals surface area contributed by atoms with Crippen molar-refractivity contribution in [2.75, 3.05) is 0 Å². The summed E-state index contributed by atoms with van der Waals surface area (Å²) in [4.78, 5) is 14.6. The Balaban J connectivity index is 1.84. The average molecular weight is 424 g/mol. The molecule has 4 nitrogen and oxygen atoms in total. The van der Waals surface area contributed by atoms with Gasteiger partial charge in [0.15, 0.2) is 5.76 Å². The maximum Gasteiger partial charge on any atom is 0.290 e. The van der Waals surface area contributed by atoms with Crippen LogP contribution in [0.4, 0.5) is 0 Å². The fraction of sp³-hybridized carbons (Fsp3) is 0.136. The van der Waals surface area contributed by atoms with Gasteiger partial charge in [0.05, 0.1) is 18.8 Å². The molecule has 1 atom stereocenters. The summed E-state index contributed by atoms with van der Waals surface area (Å²) >= 11 is 3.51. The monoisotopic (exact) mass is 423 g/mol. The number of aliphatic hydroxyl groups is 1. The molecule has 0 unspecified atom stereocenters. The molecule has 1 amide bonds. The molecule has 2 heterocycles. The van der Waals surface area contributed by atoms with Crippen molar-refractivity contribution in [2.24, 2.45) is 0 Å². The molecule has 136 valence electrons. The molecule has 27 heavy (non-hydrogen) atoms. The fourth-order valence-electron chi connectivity index (χ4n) is 3.44. The van der Waals surface area contributed by atoms with E-state index in [9.17, 15) is 9.90 Å². The standard InChI is InChI=1S/C22H18BrNO3/c1-14-7-9-15(10-8-14)19-20(16-4-2-5-17(23)12-16)24(22(26)21(19)25)13-18-6-3-11-27-18/h2-12,20,25H,13H2,1H3/t20-/m1/s1. The van der Waals surface area contributed by atoms with E-state index in [0.29, 0.717) is 11.3 Å². The van der Waals surface area contributed by atoms with Crippen molar-refractivity contribution < 1.29 is 14.3 Å². The Morgan fingerprint density at radius 3 is 2.56 bits per heavy atom. The van der Waals surface area contributed by atoms with E-state index in [4.69, 9.17) is 4.42 Å². The number of rotatable bonds is 4. The van der Waals surface area contributed by atoms with Crippen LogP contribution in [0.2, 0.25) is 0 Å². The molecule has 2 aromatic carbocycles. The number of hydrogen-bond donors (Lipinski definition) is 1. The number of aryl methyl sites for hydroxylation is 1. The third kappa shape index (κ3) is 3.30. The Labute approximate surface area is 165 Å². The minimum absolute atomic E-state index is 0.213. The molecule has 0 fully saturated rings. The zero-order valence-corrected chi connectivity index (χ0v) is 16.3. The predicted octanol–water partition coefficient (Wildman–Crippen LogP) is 5.40. The van der Waals surface area contributed by atoms with E-state index in [1.54, 1.807) is 17.2 Å². The smallest absolute Gasteiger partial charge is 0.290 e. The van der Waals surface area contributed by atoms with Crippen LogP contribution >= 0.6 is 15.9 Å². The number of benzene rings is 2. The zero-order chi connectivity index (χ0) is 19.0. The van der Waals surface area contributed by atoms with Crippen LogP contribution in [0.1, 0.15) is 28.5 Å². The minimum atomic E-state index is -0.400. The summed E-state index contributed by atoms with van der Waals surface area (Å²) in [6.07, 6.45) is 1.58.